The van der Waals surface area contributed by atoms with Gasteiger partial charge >= 0.3 is 0 Å². The number of carbonyl (C=O) groups is 1. The third-order valence-electron chi connectivity index (χ3n) is 7.65. The molecule has 41 heavy (non-hydrogen) atoms. The van der Waals surface area contributed by atoms with E-state index in [1.807, 2.05) is 54.6 Å². The quantitative estimate of drug-likeness (QED) is 0.150. The summed E-state index contributed by atoms with van der Waals surface area (Å²) in [6, 6.07) is 19.4. The first-order valence-electron chi connectivity index (χ1n) is 13.6. The molecular weight excluding hydrogens is 526 g/mol. The Morgan fingerprint density at radius 1 is 1.17 bits per heavy atom. The van der Waals surface area contributed by atoms with Crippen LogP contribution in [0.5, 0.6) is 5.75 Å². The van der Waals surface area contributed by atoms with E-state index in [9.17, 15) is 20.1 Å². The molecule has 3 aromatic carbocycles. The van der Waals surface area contributed by atoms with Crippen LogP contribution in [0.4, 0.5) is 5.95 Å². The molecule has 7 N–H and O–H groups in total. The number of fused-ring (bicyclic) bond motifs is 2. The maximum atomic E-state index is 11.4. The van der Waals surface area contributed by atoms with Gasteiger partial charge in [0.25, 0.3) is 0 Å². The lowest BCUT2D eigenvalue weighted by Crippen LogP contribution is -2.51. The lowest BCUT2D eigenvalue weighted by molar-refractivity contribution is -0.123. The summed E-state index contributed by atoms with van der Waals surface area (Å²) in [5.41, 5.74) is 5.38. The molecule has 0 aliphatic carbocycles. The predicted octanol–water partition coefficient (Wildman–Crippen LogP) is 2.04. The molecule has 1 unspecified atom stereocenters. The Morgan fingerprint density at radius 2 is 1.90 bits per heavy atom. The number of hydrogen-bond acceptors (Lipinski definition) is 9. The Hall–Kier alpha value is -3.74. The molecule has 4 aromatic rings. The molecule has 218 valence electrons. The molecule has 0 saturated carbocycles. The average molecular weight is 564 g/mol. The minimum Gasteiger partial charge on any atom is -0.492 e. The van der Waals surface area contributed by atoms with Crippen molar-refractivity contribution in [3.63, 3.8) is 0 Å². The van der Waals surface area contributed by atoms with Gasteiger partial charge in [-0.05, 0) is 67.4 Å². The van der Waals surface area contributed by atoms with Crippen LogP contribution >= 0.6 is 0 Å². The zero-order valence-electron chi connectivity index (χ0n) is 23.4. The number of para-hydroxylation sites is 2. The van der Waals surface area contributed by atoms with Crippen LogP contribution in [0.2, 0.25) is 0 Å². The summed E-state index contributed by atoms with van der Waals surface area (Å²) in [6.07, 6.45) is -3.15. The molecule has 1 aromatic heterocycles. The number of nitrogens with two attached hydrogens (primary N) is 1. The molecule has 0 radical (unpaired) electrons. The van der Waals surface area contributed by atoms with Crippen LogP contribution in [0.25, 0.3) is 21.8 Å². The fraction of sp³-hybridized carbons (Fsp3) is 0.400. The first kappa shape index (κ1) is 28.8. The SMILES string of the molecule is CC(C)(NCCOc1ccc2cc(CNc3nc4ccccc4n3[C@@H]3O[C@H](CO)[C@@H](O)C3(C)O)ccc2c1)C(N)=O. The van der Waals surface area contributed by atoms with Crippen LogP contribution in [0, 0.1) is 0 Å². The normalized spacial score (nSPS) is 22.8. The highest BCUT2D eigenvalue weighted by Gasteiger charge is 2.53. The molecular formula is C30H37N5O6. The molecule has 0 bridgehead atoms. The van der Waals surface area contributed by atoms with Gasteiger partial charge in [-0.25, -0.2) is 4.98 Å². The molecule has 11 nitrogen and oxygen atoms in total. The Balaban J connectivity index is 1.30. The Morgan fingerprint density at radius 3 is 2.63 bits per heavy atom. The number of benzene rings is 3. The van der Waals surface area contributed by atoms with E-state index >= 15 is 0 Å². The maximum absolute atomic E-state index is 11.4. The highest BCUT2D eigenvalue weighted by Crippen LogP contribution is 2.41. The van der Waals surface area contributed by atoms with Crippen molar-refractivity contribution in [2.45, 2.75) is 56.9 Å². The molecule has 5 rings (SSSR count). The number of nitrogens with zero attached hydrogens (tertiary/aromatic N) is 2. The molecule has 1 amide bonds. The highest BCUT2D eigenvalue weighted by atomic mass is 16.6. The summed E-state index contributed by atoms with van der Waals surface area (Å²) in [5, 5.41) is 39.9. The fourth-order valence-electron chi connectivity index (χ4n) is 5.05. The van der Waals surface area contributed by atoms with Crippen LogP contribution in [0.1, 0.15) is 32.6 Å². The number of aliphatic hydroxyl groups excluding tert-OH is 2. The molecule has 1 aliphatic heterocycles. The Labute approximate surface area is 237 Å². The standard InChI is InChI=1S/C30H37N5O6/c1-29(2,26(31)38)33-12-13-40-21-11-10-19-14-18(8-9-20(19)15-21)16-32-28-34-22-6-4-5-7-23(22)35(28)27-30(3,39)25(37)24(17-36)41-27/h4-11,14-15,24-25,27,33,36-37,39H,12-13,16-17H2,1-3H3,(H2,31,38)(H,32,34)/t24-,25-,27-,30?/m1/s1. The van der Waals surface area contributed by atoms with E-state index in [2.05, 4.69) is 16.7 Å². The molecule has 1 fully saturated rings. The summed E-state index contributed by atoms with van der Waals surface area (Å²) in [6.45, 7) is 5.85. The van der Waals surface area contributed by atoms with Gasteiger partial charge in [0.2, 0.25) is 11.9 Å². The van der Waals surface area contributed by atoms with Gasteiger partial charge in [0.05, 0.1) is 23.2 Å². The lowest BCUT2D eigenvalue weighted by atomic mass is 9.96. The molecule has 0 spiro atoms. The number of hydrogen-bond donors (Lipinski definition) is 6. The maximum Gasteiger partial charge on any atom is 0.237 e. The van der Waals surface area contributed by atoms with Gasteiger partial charge < -0.3 is 41.2 Å². The summed E-state index contributed by atoms with van der Waals surface area (Å²) in [7, 11) is 0. The number of rotatable bonds is 11. The van der Waals surface area contributed by atoms with Gasteiger partial charge in [-0.2, -0.15) is 0 Å². The highest BCUT2D eigenvalue weighted by molar-refractivity contribution is 5.85. The molecule has 1 saturated heterocycles. The van der Waals surface area contributed by atoms with E-state index in [4.69, 9.17) is 20.2 Å². The van der Waals surface area contributed by atoms with Gasteiger partial charge in [0.15, 0.2) is 6.23 Å². The number of aliphatic hydroxyl groups is 3. The van der Waals surface area contributed by atoms with Gasteiger partial charge in [-0.3, -0.25) is 9.36 Å². The van der Waals surface area contributed by atoms with Gasteiger partial charge in [-0.1, -0.05) is 30.3 Å². The van der Waals surface area contributed by atoms with Gasteiger partial charge in [-0.15, -0.1) is 0 Å². The number of imidazole rings is 1. The van der Waals surface area contributed by atoms with Crippen molar-refractivity contribution in [2.24, 2.45) is 5.73 Å². The summed E-state index contributed by atoms with van der Waals surface area (Å²) in [5.74, 6) is 0.778. The Bertz CT molecular complexity index is 1550. The van der Waals surface area contributed by atoms with Crippen molar-refractivity contribution in [3.8, 4) is 5.75 Å². The second-order valence-electron chi connectivity index (χ2n) is 11.1. The van der Waals surface area contributed by atoms with E-state index in [0.29, 0.717) is 31.2 Å². The predicted molar refractivity (Wildman–Crippen MR) is 155 cm³/mol. The second-order valence-corrected chi connectivity index (χ2v) is 11.1. The first-order chi connectivity index (χ1) is 19.5. The van der Waals surface area contributed by atoms with E-state index in [0.717, 1.165) is 27.6 Å². The van der Waals surface area contributed by atoms with Crippen molar-refractivity contribution in [1.82, 2.24) is 14.9 Å². The summed E-state index contributed by atoms with van der Waals surface area (Å²) < 4.78 is 13.5. The topological polar surface area (TPSA) is 164 Å². The average Bonchev–Trinajstić information content (AvgIpc) is 3.42. The van der Waals surface area contributed by atoms with Crippen LogP contribution in [0.3, 0.4) is 0 Å². The zero-order chi connectivity index (χ0) is 29.4. The minimum atomic E-state index is -1.65. The van der Waals surface area contributed by atoms with Crippen molar-refractivity contribution in [2.75, 3.05) is 25.1 Å². The van der Waals surface area contributed by atoms with Crippen molar-refractivity contribution in [1.29, 1.82) is 0 Å². The van der Waals surface area contributed by atoms with E-state index in [1.165, 1.54) is 6.92 Å². The van der Waals surface area contributed by atoms with Crippen LogP contribution in [0.15, 0.2) is 60.7 Å². The van der Waals surface area contributed by atoms with E-state index in [1.54, 1.807) is 18.4 Å². The number of aromatic nitrogens is 2. The minimum absolute atomic E-state index is 0.388. The molecule has 4 atom stereocenters. The smallest absolute Gasteiger partial charge is 0.237 e. The monoisotopic (exact) mass is 563 g/mol. The van der Waals surface area contributed by atoms with Crippen molar-refractivity contribution in [3.05, 3.63) is 66.2 Å². The third kappa shape index (κ3) is 5.72. The number of primary amides is 1. The summed E-state index contributed by atoms with van der Waals surface area (Å²) >= 11 is 0. The van der Waals surface area contributed by atoms with Crippen molar-refractivity contribution >= 4 is 33.7 Å². The number of nitrogens with one attached hydrogen (secondary N) is 2. The number of amides is 1. The molecule has 2 heterocycles. The Kier molecular flexibility index (Phi) is 7.91. The number of anilines is 1. The largest absolute Gasteiger partial charge is 0.492 e. The van der Waals surface area contributed by atoms with Crippen LogP contribution in [-0.2, 0) is 16.1 Å². The van der Waals surface area contributed by atoms with Crippen LogP contribution in [-0.4, -0.2) is 73.9 Å². The molecule has 11 heteroatoms. The molecule has 1 aliphatic rings. The fourth-order valence-corrected chi connectivity index (χ4v) is 5.05. The number of ether oxygens (including phenoxy) is 2. The summed E-state index contributed by atoms with van der Waals surface area (Å²) in [4.78, 5) is 16.2. The third-order valence-corrected chi connectivity index (χ3v) is 7.65. The lowest BCUT2D eigenvalue weighted by Gasteiger charge is -2.28. The van der Waals surface area contributed by atoms with E-state index in [-0.39, 0.29) is 0 Å². The van der Waals surface area contributed by atoms with Gasteiger partial charge in [0, 0.05) is 13.1 Å². The zero-order valence-corrected chi connectivity index (χ0v) is 23.4. The number of carbonyl (C=O) groups excluding carboxylic acids is 1. The van der Waals surface area contributed by atoms with Crippen molar-refractivity contribution < 1.29 is 29.6 Å². The second kappa shape index (κ2) is 11.3. The van der Waals surface area contributed by atoms with E-state index < -0.39 is 42.1 Å². The van der Waals surface area contributed by atoms with Gasteiger partial charge in [0.1, 0.15) is 30.2 Å². The first-order valence-corrected chi connectivity index (χ1v) is 13.6. The van der Waals surface area contributed by atoms with Crippen LogP contribution < -0.4 is 21.1 Å².